The molecular formula is C21H18N2O3. The number of methoxy groups -OCH3 is 2. The number of carbonyl (C=O) groups is 1. The molecule has 5 heteroatoms. The van der Waals surface area contributed by atoms with Crippen LogP contribution in [0.1, 0.15) is 15.9 Å². The van der Waals surface area contributed by atoms with E-state index < -0.39 is 0 Å². The van der Waals surface area contributed by atoms with Gasteiger partial charge in [0.1, 0.15) is 11.5 Å². The average Bonchev–Trinajstić information content (AvgIpc) is 2.72. The van der Waals surface area contributed by atoms with Gasteiger partial charge in [0.2, 0.25) is 0 Å². The number of hydrogen-bond acceptors (Lipinski definition) is 5. The lowest BCUT2D eigenvalue weighted by molar-refractivity contribution is 0.103. The lowest BCUT2D eigenvalue weighted by atomic mass is 10.0. The molecule has 0 saturated heterocycles. The quantitative estimate of drug-likeness (QED) is 0.446. The molecule has 0 radical (unpaired) electrons. The van der Waals surface area contributed by atoms with Crippen molar-refractivity contribution in [3.63, 3.8) is 0 Å². The Morgan fingerprint density at radius 2 is 1.42 bits per heavy atom. The Morgan fingerprint density at radius 3 is 2.08 bits per heavy atom. The van der Waals surface area contributed by atoms with Crippen LogP contribution >= 0.6 is 0 Å². The number of rotatable bonds is 6. The molecule has 3 rings (SSSR count). The van der Waals surface area contributed by atoms with Crippen molar-refractivity contribution in [1.29, 1.82) is 0 Å². The van der Waals surface area contributed by atoms with E-state index in [0.717, 1.165) is 5.75 Å². The zero-order valence-corrected chi connectivity index (χ0v) is 14.5. The first-order chi connectivity index (χ1) is 12.7. The van der Waals surface area contributed by atoms with E-state index in [0.29, 0.717) is 28.3 Å². The van der Waals surface area contributed by atoms with Gasteiger partial charge in [-0.15, -0.1) is 5.11 Å². The van der Waals surface area contributed by atoms with Gasteiger partial charge in [-0.2, -0.15) is 5.11 Å². The normalized spacial score (nSPS) is 10.7. The van der Waals surface area contributed by atoms with E-state index in [1.165, 1.54) is 0 Å². The second-order valence-corrected chi connectivity index (χ2v) is 5.48. The van der Waals surface area contributed by atoms with Gasteiger partial charge in [-0.3, -0.25) is 4.79 Å². The van der Waals surface area contributed by atoms with Gasteiger partial charge in [-0.25, -0.2) is 0 Å². The summed E-state index contributed by atoms with van der Waals surface area (Å²) in [4.78, 5) is 12.9. The molecule has 0 fully saturated rings. The molecule has 3 aromatic rings. The van der Waals surface area contributed by atoms with Gasteiger partial charge in [0.25, 0.3) is 0 Å². The van der Waals surface area contributed by atoms with Gasteiger partial charge in [-0.05, 0) is 42.5 Å². The Balaban J connectivity index is 1.95. The molecule has 3 aromatic carbocycles. The zero-order valence-electron chi connectivity index (χ0n) is 14.5. The Kier molecular flexibility index (Phi) is 5.39. The monoisotopic (exact) mass is 346 g/mol. The van der Waals surface area contributed by atoms with Crippen molar-refractivity contribution in [2.24, 2.45) is 10.2 Å². The smallest absolute Gasteiger partial charge is 0.195 e. The summed E-state index contributed by atoms with van der Waals surface area (Å²) in [5.41, 5.74) is 2.17. The van der Waals surface area contributed by atoms with E-state index in [1.54, 1.807) is 68.8 Å². The fourth-order valence-corrected chi connectivity index (χ4v) is 2.42. The number of hydrogen-bond donors (Lipinski definition) is 0. The van der Waals surface area contributed by atoms with Gasteiger partial charge in [-0.1, -0.05) is 30.3 Å². The Labute approximate surface area is 151 Å². The van der Waals surface area contributed by atoms with Crippen LogP contribution in [0.2, 0.25) is 0 Å². The third kappa shape index (κ3) is 3.95. The largest absolute Gasteiger partial charge is 0.497 e. The maximum absolute atomic E-state index is 12.9. The molecule has 130 valence electrons. The summed E-state index contributed by atoms with van der Waals surface area (Å²) in [6.45, 7) is 0. The zero-order chi connectivity index (χ0) is 18.4. The van der Waals surface area contributed by atoms with Crippen LogP contribution in [0.25, 0.3) is 0 Å². The Hall–Kier alpha value is -3.47. The summed E-state index contributed by atoms with van der Waals surface area (Å²) in [6, 6.07) is 21.4. The Morgan fingerprint density at radius 1 is 0.769 bits per heavy atom. The van der Waals surface area contributed by atoms with Crippen LogP contribution in [0.5, 0.6) is 11.5 Å². The van der Waals surface area contributed by atoms with Crippen molar-refractivity contribution in [1.82, 2.24) is 0 Å². The number of ether oxygens (including phenoxy) is 2. The number of nitrogens with zero attached hydrogens (tertiary/aromatic N) is 2. The molecule has 0 saturated carbocycles. The predicted molar refractivity (Wildman–Crippen MR) is 100 cm³/mol. The number of azo groups is 1. The van der Waals surface area contributed by atoms with Gasteiger partial charge in [0.05, 0.1) is 31.2 Å². The van der Waals surface area contributed by atoms with Crippen molar-refractivity contribution < 1.29 is 14.3 Å². The molecule has 0 spiro atoms. The fraction of sp³-hybridized carbons (Fsp3) is 0.0952. The minimum Gasteiger partial charge on any atom is -0.497 e. The molecule has 5 nitrogen and oxygen atoms in total. The molecule has 0 unspecified atom stereocenters. The molecule has 0 atom stereocenters. The molecule has 0 aliphatic carbocycles. The van der Waals surface area contributed by atoms with E-state index in [9.17, 15) is 4.79 Å². The lowest BCUT2D eigenvalue weighted by Gasteiger charge is -2.07. The Bertz CT molecular complexity index is 920. The first-order valence-corrected chi connectivity index (χ1v) is 8.05. The standard InChI is InChI=1S/C21H18N2O3/c1-25-17-10-8-16(9-11-17)22-23-20-13-12-18(26-2)14-19(20)21(24)15-6-4-3-5-7-15/h3-14H,1-2H3. The van der Waals surface area contributed by atoms with E-state index >= 15 is 0 Å². The third-order valence-electron chi connectivity index (χ3n) is 3.83. The van der Waals surface area contributed by atoms with Crippen LogP contribution in [0.3, 0.4) is 0 Å². The van der Waals surface area contributed by atoms with Gasteiger partial charge < -0.3 is 9.47 Å². The molecule has 0 heterocycles. The maximum atomic E-state index is 12.9. The minimum absolute atomic E-state index is 0.131. The number of benzene rings is 3. The highest BCUT2D eigenvalue weighted by Crippen LogP contribution is 2.29. The number of carbonyl (C=O) groups excluding carboxylic acids is 1. The van der Waals surface area contributed by atoms with Crippen LogP contribution in [0, 0.1) is 0 Å². The summed E-state index contributed by atoms with van der Waals surface area (Å²) in [5, 5.41) is 8.48. The van der Waals surface area contributed by atoms with Crippen LogP contribution < -0.4 is 9.47 Å². The SMILES string of the molecule is COc1ccc(N=Nc2ccc(OC)cc2C(=O)c2ccccc2)cc1. The average molecular weight is 346 g/mol. The summed E-state index contributed by atoms with van der Waals surface area (Å²) in [5.74, 6) is 1.20. The highest BCUT2D eigenvalue weighted by atomic mass is 16.5. The highest BCUT2D eigenvalue weighted by molar-refractivity contribution is 6.12. The van der Waals surface area contributed by atoms with Crippen LogP contribution in [0.4, 0.5) is 11.4 Å². The van der Waals surface area contributed by atoms with E-state index in [-0.39, 0.29) is 5.78 Å². The van der Waals surface area contributed by atoms with Crippen LogP contribution in [-0.2, 0) is 0 Å². The first kappa shape index (κ1) is 17.4. The van der Waals surface area contributed by atoms with Gasteiger partial charge in [0, 0.05) is 5.56 Å². The summed E-state index contributed by atoms with van der Waals surface area (Å²) in [6.07, 6.45) is 0. The lowest BCUT2D eigenvalue weighted by Crippen LogP contribution is -2.02. The van der Waals surface area contributed by atoms with Crippen molar-refractivity contribution >= 4 is 17.2 Å². The summed E-state index contributed by atoms with van der Waals surface area (Å²) in [7, 11) is 3.17. The molecule has 0 amide bonds. The second-order valence-electron chi connectivity index (χ2n) is 5.48. The van der Waals surface area contributed by atoms with Crippen LogP contribution in [-0.4, -0.2) is 20.0 Å². The highest BCUT2D eigenvalue weighted by Gasteiger charge is 2.15. The van der Waals surface area contributed by atoms with Crippen molar-refractivity contribution in [2.75, 3.05) is 14.2 Å². The van der Waals surface area contributed by atoms with Crippen LogP contribution in [0.15, 0.2) is 83.0 Å². The third-order valence-corrected chi connectivity index (χ3v) is 3.83. The predicted octanol–water partition coefficient (Wildman–Crippen LogP) is 5.35. The van der Waals surface area contributed by atoms with Crippen molar-refractivity contribution in [3.8, 4) is 11.5 Å². The molecule has 0 bridgehead atoms. The fourth-order valence-electron chi connectivity index (χ4n) is 2.42. The van der Waals surface area contributed by atoms with Crippen molar-refractivity contribution in [2.45, 2.75) is 0 Å². The van der Waals surface area contributed by atoms with Crippen molar-refractivity contribution in [3.05, 3.63) is 83.9 Å². The molecule has 26 heavy (non-hydrogen) atoms. The molecule has 0 N–H and O–H groups in total. The molecule has 0 aliphatic rings. The summed E-state index contributed by atoms with van der Waals surface area (Å²) < 4.78 is 10.4. The van der Waals surface area contributed by atoms with E-state index in [1.807, 2.05) is 18.2 Å². The van der Waals surface area contributed by atoms with E-state index in [4.69, 9.17) is 9.47 Å². The van der Waals surface area contributed by atoms with E-state index in [2.05, 4.69) is 10.2 Å². The minimum atomic E-state index is -0.131. The molecular weight excluding hydrogens is 328 g/mol. The second kappa shape index (κ2) is 8.07. The molecule has 0 aliphatic heterocycles. The summed E-state index contributed by atoms with van der Waals surface area (Å²) >= 11 is 0. The number of ketones is 1. The maximum Gasteiger partial charge on any atom is 0.195 e. The van der Waals surface area contributed by atoms with Gasteiger partial charge >= 0.3 is 0 Å². The topological polar surface area (TPSA) is 60.3 Å². The first-order valence-electron chi connectivity index (χ1n) is 8.05. The van der Waals surface area contributed by atoms with Gasteiger partial charge in [0.15, 0.2) is 5.78 Å². The molecule has 0 aromatic heterocycles.